The van der Waals surface area contributed by atoms with Gasteiger partial charge in [-0.25, -0.2) is 8.42 Å². The molecule has 0 radical (unpaired) electrons. The van der Waals surface area contributed by atoms with Gasteiger partial charge >= 0.3 is 5.97 Å². The average molecular weight is 371 g/mol. The zero-order chi connectivity index (χ0) is 14.8. The minimum atomic E-state index is -3.96. The van der Waals surface area contributed by atoms with E-state index in [2.05, 4.69) is 15.9 Å². The molecule has 1 rings (SSSR count). The lowest BCUT2D eigenvalue weighted by molar-refractivity contribution is -0.137. The highest BCUT2D eigenvalue weighted by molar-refractivity contribution is 9.10. The first-order valence-electron chi connectivity index (χ1n) is 5.35. The van der Waals surface area contributed by atoms with Crippen LogP contribution in [0.3, 0.4) is 0 Å². The summed E-state index contributed by atoms with van der Waals surface area (Å²) in [4.78, 5) is 10.7. The topological polar surface area (TPSA) is 74.7 Å². The van der Waals surface area contributed by atoms with Crippen LogP contribution < -0.4 is 0 Å². The minimum Gasteiger partial charge on any atom is -0.480 e. The predicted octanol–water partition coefficient (Wildman–Crippen LogP) is 2.59. The first kappa shape index (κ1) is 16.4. The standard InChI is InChI=1S/C11H13BrClNO4S/c1-7(2)14(6-11(15)16)19(17,18)10-5-8(12)3-4-9(10)13/h3-5,7H,6H2,1-2H3,(H,15,16). The fourth-order valence-electron chi connectivity index (χ4n) is 1.48. The van der Waals surface area contributed by atoms with Crippen LogP contribution in [-0.2, 0) is 14.8 Å². The molecule has 8 heteroatoms. The largest absolute Gasteiger partial charge is 0.480 e. The van der Waals surface area contributed by atoms with Crippen LogP contribution in [0.15, 0.2) is 27.6 Å². The van der Waals surface area contributed by atoms with Crippen LogP contribution in [-0.4, -0.2) is 36.4 Å². The van der Waals surface area contributed by atoms with E-state index in [1.807, 2.05) is 0 Å². The van der Waals surface area contributed by atoms with Gasteiger partial charge in [0.25, 0.3) is 0 Å². The zero-order valence-electron chi connectivity index (χ0n) is 10.3. The normalized spacial score (nSPS) is 12.1. The zero-order valence-corrected chi connectivity index (χ0v) is 13.5. The number of carbonyl (C=O) groups is 1. The summed E-state index contributed by atoms with van der Waals surface area (Å²) in [6.45, 7) is 2.60. The molecule has 0 fully saturated rings. The Morgan fingerprint density at radius 2 is 2.05 bits per heavy atom. The van der Waals surface area contributed by atoms with Crippen LogP contribution in [0, 0.1) is 0 Å². The van der Waals surface area contributed by atoms with E-state index in [0.717, 1.165) is 4.31 Å². The number of halogens is 2. The highest BCUT2D eigenvalue weighted by Crippen LogP contribution is 2.28. The van der Waals surface area contributed by atoms with Crippen molar-refractivity contribution in [2.75, 3.05) is 6.54 Å². The second-order valence-electron chi connectivity index (χ2n) is 4.11. The van der Waals surface area contributed by atoms with Gasteiger partial charge in [0.1, 0.15) is 11.4 Å². The van der Waals surface area contributed by atoms with E-state index in [0.29, 0.717) is 4.47 Å². The SMILES string of the molecule is CC(C)N(CC(=O)O)S(=O)(=O)c1cc(Br)ccc1Cl. The van der Waals surface area contributed by atoms with Gasteiger partial charge < -0.3 is 5.11 Å². The van der Waals surface area contributed by atoms with Crippen LogP contribution in [0.25, 0.3) is 0 Å². The lowest BCUT2D eigenvalue weighted by Gasteiger charge is -2.24. The summed E-state index contributed by atoms with van der Waals surface area (Å²) in [7, 11) is -3.96. The Morgan fingerprint density at radius 1 is 1.47 bits per heavy atom. The van der Waals surface area contributed by atoms with E-state index in [4.69, 9.17) is 16.7 Å². The number of sulfonamides is 1. The molecule has 106 valence electrons. The number of hydrogen-bond acceptors (Lipinski definition) is 3. The molecule has 0 spiro atoms. The third-order valence-electron chi connectivity index (χ3n) is 2.35. The smallest absolute Gasteiger partial charge is 0.318 e. The van der Waals surface area contributed by atoms with Crippen molar-refractivity contribution in [3.05, 3.63) is 27.7 Å². The summed E-state index contributed by atoms with van der Waals surface area (Å²) in [5.41, 5.74) is 0. The van der Waals surface area contributed by atoms with Gasteiger partial charge in [-0.1, -0.05) is 27.5 Å². The van der Waals surface area contributed by atoms with Crippen molar-refractivity contribution >= 4 is 43.5 Å². The molecular weight excluding hydrogens is 358 g/mol. The molecule has 0 aliphatic carbocycles. The van der Waals surface area contributed by atoms with Crippen molar-refractivity contribution in [3.63, 3.8) is 0 Å². The average Bonchev–Trinajstić information content (AvgIpc) is 2.28. The first-order valence-corrected chi connectivity index (χ1v) is 7.96. The van der Waals surface area contributed by atoms with Crippen LogP contribution in [0.4, 0.5) is 0 Å². The number of hydrogen-bond donors (Lipinski definition) is 1. The molecule has 0 bridgehead atoms. The van der Waals surface area contributed by atoms with Crippen molar-refractivity contribution in [2.45, 2.75) is 24.8 Å². The minimum absolute atomic E-state index is 0.0549. The molecule has 0 heterocycles. The highest BCUT2D eigenvalue weighted by atomic mass is 79.9. The van der Waals surface area contributed by atoms with E-state index < -0.39 is 28.6 Å². The molecule has 1 aromatic carbocycles. The number of carboxylic acid groups (broad SMARTS) is 1. The van der Waals surface area contributed by atoms with Crippen LogP contribution >= 0.6 is 27.5 Å². The summed E-state index contributed by atoms with van der Waals surface area (Å²) < 4.78 is 26.3. The van der Waals surface area contributed by atoms with E-state index >= 15 is 0 Å². The van der Waals surface area contributed by atoms with Gasteiger partial charge in [0.05, 0.1) is 5.02 Å². The fourth-order valence-corrected chi connectivity index (χ4v) is 4.08. The molecule has 0 amide bonds. The summed E-state index contributed by atoms with van der Waals surface area (Å²) in [6.07, 6.45) is 0. The van der Waals surface area contributed by atoms with Crippen LogP contribution in [0.1, 0.15) is 13.8 Å². The maximum Gasteiger partial charge on any atom is 0.318 e. The Hall–Kier alpha value is -0.630. The summed E-state index contributed by atoms with van der Waals surface area (Å²) >= 11 is 9.06. The van der Waals surface area contributed by atoms with E-state index in [1.165, 1.54) is 12.1 Å². The molecule has 0 saturated heterocycles. The van der Waals surface area contributed by atoms with E-state index in [1.54, 1.807) is 19.9 Å². The molecule has 0 unspecified atom stereocenters. The number of rotatable bonds is 5. The third kappa shape index (κ3) is 3.92. The number of aliphatic carboxylic acids is 1. The summed E-state index contributed by atoms with van der Waals surface area (Å²) in [6, 6.07) is 3.92. The summed E-state index contributed by atoms with van der Waals surface area (Å²) in [5, 5.41) is 8.87. The van der Waals surface area contributed by atoms with Gasteiger partial charge in [-0.2, -0.15) is 4.31 Å². The molecular formula is C11H13BrClNO4S. The lowest BCUT2D eigenvalue weighted by Crippen LogP contribution is -2.40. The Kier molecular flexibility index (Phi) is 5.37. The summed E-state index contributed by atoms with van der Waals surface area (Å²) in [5.74, 6) is -1.22. The van der Waals surface area contributed by atoms with E-state index in [9.17, 15) is 13.2 Å². The highest BCUT2D eigenvalue weighted by Gasteiger charge is 2.30. The van der Waals surface area contributed by atoms with E-state index in [-0.39, 0.29) is 9.92 Å². The Morgan fingerprint density at radius 3 is 2.53 bits per heavy atom. The fraction of sp³-hybridized carbons (Fsp3) is 0.364. The first-order chi connectivity index (χ1) is 8.66. The lowest BCUT2D eigenvalue weighted by atomic mass is 10.4. The quantitative estimate of drug-likeness (QED) is 0.864. The van der Waals surface area contributed by atoms with Crippen LogP contribution in [0.2, 0.25) is 5.02 Å². The molecule has 5 nitrogen and oxygen atoms in total. The predicted molar refractivity (Wildman–Crippen MR) is 75.8 cm³/mol. The maximum atomic E-state index is 12.4. The van der Waals surface area contributed by atoms with Crippen LogP contribution in [0.5, 0.6) is 0 Å². The molecule has 1 N–H and O–H groups in total. The molecule has 19 heavy (non-hydrogen) atoms. The number of carboxylic acids is 1. The van der Waals surface area contributed by atoms with Crippen molar-refractivity contribution in [2.24, 2.45) is 0 Å². The van der Waals surface area contributed by atoms with Crippen molar-refractivity contribution in [1.82, 2.24) is 4.31 Å². The third-order valence-corrected chi connectivity index (χ3v) is 5.34. The van der Waals surface area contributed by atoms with Crippen molar-refractivity contribution < 1.29 is 18.3 Å². The molecule has 0 aliphatic rings. The van der Waals surface area contributed by atoms with Gasteiger partial charge in [0.15, 0.2) is 0 Å². The molecule has 1 aromatic rings. The Labute approximate surface area is 125 Å². The number of nitrogens with zero attached hydrogens (tertiary/aromatic N) is 1. The number of benzene rings is 1. The van der Waals surface area contributed by atoms with Gasteiger partial charge in [-0.05, 0) is 32.0 Å². The second kappa shape index (κ2) is 6.21. The maximum absolute atomic E-state index is 12.4. The van der Waals surface area contributed by atoms with Gasteiger partial charge in [0, 0.05) is 10.5 Å². The molecule has 0 atom stereocenters. The van der Waals surface area contributed by atoms with Crippen molar-refractivity contribution in [3.8, 4) is 0 Å². The van der Waals surface area contributed by atoms with Crippen molar-refractivity contribution in [1.29, 1.82) is 0 Å². The second-order valence-corrected chi connectivity index (χ2v) is 7.29. The van der Waals surface area contributed by atoms with Gasteiger partial charge in [0.2, 0.25) is 10.0 Å². The monoisotopic (exact) mass is 369 g/mol. The van der Waals surface area contributed by atoms with Gasteiger partial charge in [-0.15, -0.1) is 0 Å². The Bertz CT molecular complexity index is 588. The molecule has 0 aromatic heterocycles. The molecule has 0 saturated carbocycles. The Balaban J connectivity index is 3.34. The van der Waals surface area contributed by atoms with Gasteiger partial charge in [-0.3, -0.25) is 4.79 Å². The molecule has 0 aliphatic heterocycles.